The van der Waals surface area contributed by atoms with Crippen molar-refractivity contribution in [3.8, 4) is 0 Å². The second-order valence-electron chi connectivity index (χ2n) is 8.26. The average Bonchev–Trinajstić information content (AvgIpc) is 3.45. The molecule has 5 heteroatoms. The highest BCUT2D eigenvalue weighted by Crippen LogP contribution is 2.43. The molecule has 0 aromatic rings. The second-order valence-corrected chi connectivity index (χ2v) is 13.4. The van der Waals surface area contributed by atoms with E-state index in [-0.39, 0.29) is 10.5 Å². The lowest BCUT2D eigenvalue weighted by molar-refractivity contribution is 0.326. The zero-order valence-corrected chi connectivity index (χ0v) is 16.4. The number of hydrogen-bond donors (Lipinski definition) is 0. The van der Waals surface area contributed by atoms with Crippen molar-refractivity contribution in [2.45, 2.75) is 85.2 Å². The third kappa shape index (κ3) is 4.44. The van der Waals surface area contributed by atoms with E-state index in [1.165, 1.54) is 24.3 Å². The fourth-order valence-corrected chi connectivity index (χ4v) is 8.58. The van der Waals surface area contributed by atoms with Crippen LogP contribution in [-0.2, 0) is 9.84 Å². The third-order valence-electron chi connectivity index (χ3n) is 6.51. The van der Waals surface area contributed by atoms with E-state index in [0.717, 1.165) is 73.7 Å². The molecule has 2 atom stereocenters. The summed E-state index contributed by atoms with van der Waals surface area (Å²) in [6, 6.07) is 0. The minimum absolute atomic E-state index is 0.00820. The maximum absolute atomic E-state index is 13.0. The van der Waals surface area contributed by atoms with Crippen molar-refractivity contribution in [1.82, 2.24) is 0 Å². The van der Waals surface area contributed by atoms with E-state index < -0.39 is 9.84 Å². The predicted octanol–water partition coefficient (Wildman–Crippen LogP) is 4.53. The third-order valence-corrected chi connectivity index (χ3v) is 11.3. The molecule has 0 radical (unpaired) electrons. The Hall–Kier alpha value is 0.650. The maximum atomic E-state index is 13.0. The molecule has 0 aromatic carbocycles. The summed E-state index contributed by atoms with van der Waals surface area (Å²) in [4.78, 5) is 0. The van der Waals surface area contributed by atoms with E-state index >= 15 is 0 Å². The van der Waals surface area contributed by atoms with Gasteiger partial charge >= 0.3 is 0 Å². The molecule has 23 heavy (non-hydrogen) atoms. The number of hydrogen-bond acceptors (Lipinski definition) is 4. The summed E-state index contributed by atoms with van der Waals surface area (Å²) in [7, 11) is -2.87. The number of rotatable bonds is 6. The van der Waals surface area contributed by atoms with Gasteiger partial charge < -0.3 is 0 Å². The molecule has 0 amide bonds. The van der Waals surface area contributed by atoms with Gasteiger partial charge in [-0.25, -0.2) is 8.42 Å². The zero-order valence-electron chi connectivity index (χ0n) is 14.0. The first-order chi connectivity index (χ1) is 11.1. The van der Waals surface area contributed by atoms with Crippen molar-refractivity contribution >= 4 is 33.4 Å². The van der Waals surface area contributed by atoms with Gasteiger partial charge in [0.15, 0.2) is 9.84 Å². The van der Waals surface area contributed by atoms with Crippen molar-refractivity contribution < 1.29 is 8.42 Å². The molecular formula is C18H30O2S3. The summed E-state index contributed by atoms with van der Waals surface area (Å²) in [5, 5.41) is 1.80. The Morgan fingerprint density at radius 2 is 1.00 bits per heavy atom. The van der Waals surface area contributed by atoms with Crippen molar-refractivity contribution in [2.75, 3.05) is 11.5 Å². The van der Waals surface area contributed by atoms with Gasteiger partial charge in [0.25, 0.3) is 0 Å². The molecule has 4 rings (SSSR count). The Morgan fingerprint density at radius 1 is 0.652 bits per heavy atom. The monoisotopic (exact) mass is 374 g/mol. The van der Waals surface area contributed by atoms with Gasteiger partial charge in [-0.2, -0.15) is 23.5 Å². The lowest BCUT2D eigenvalue weighted by Crippen LogP contribution is -2.37. The highest BCUT2D eigenvalue weighted by molar-refractivity contribution is 8.07. The SMILES string of the molecule is O=S(=O)(C1CCC(CC2CS2)CC1)C1CCC(CC2CS2)CC1. The molecule has 4 fully saturated rings. The molecule has 0 spiro atoms. The average molecular weight is 375 g/mol. The van der Waals surface area contributed by atoms with Gasteiger partial charge in [-0.15, -0.1) is 0 Å². The maximum Gasteiger partial charge on any atom is 0.156 e. The van der Waals surface area contributed by atoms with Gasteiger partial charge in [0, 0.05) is 22.0 Å². The lowest BCUT2D eigenvalue weighted by atomic mass is 9.85. The van der Waals surface area contributed by atoms with Crippen LogP contribution >= 0.6 is 23.5 Å². The van der Waals surface area contributed by atoms with E-state index in [1.807, 2.05) is 0 Å². The summed E-state index contributed by atoms with van der Waals surface area (Å²) in [6.45, 7) is 0. The first-order valence-corrected chi connectivity index (χ1v) is 13.3. The van der Waals surface area contributed by atoms with Gasteiger partial charge in [0.2, 0.25) is 0 Å². The van der Waals surface area contributed by atoms with E-state index in [9.17, 15) is 8.42 Å². The number of sulfone groups is 1. The fraction of sp³-hybridized carbons (Fsp3) is 1.00. The lowest BCUT2D eigenvalue weighted by Gasteiger charge is -2.34. The quantitative estimate of drug-likeness (QED) is 0.640. The molecule has 0 bridgehead atoms. The topological polar surface area (TPSA) is 34.1 Å². The van der Waals surface area contributed by atoms with Crippen LogP contribution in [0.5, 0.6) is 0 Å². The summed E-state index contributed by atoms with van der Waals surface area (Å²) < 4.78 is 26.0. The van der Waals surface area contributed by atoms with Crippen molar-refractivity contribution in [3.05, 3.63) is 0 Å². The van der Waals surface area contributed by atoms with Crippen molar-refractivity contribution in [3.63, 3.8) is 0 Å². The van der Waals surface area contributed by atoms with E-state index in [2.05, 4.69) is 23.5 Å². The van der Waals surface area contributed by atoms with Crippen LogP contribution in [-0.4, -0.2) is 40.9 Å². The largest absolute Gasteiger partial charge is 0.228 e. The summed E-state index contributed by atoms with van der Waals surface area (Å²) in [5.74, 6) is 4.32. The predicted molar refractivity (Wildman–Crippen MR) is 102 cm³/mol. The normalized spacial score (nSPS) is 44.0. The number of thioether (sulfide) groups is 2. The molecular weight excluding hydrogens is 344 g/mol. The Balaban J connectivity index is 1.26. The van der Waals surface area contributed by atoms with Crippen LogP contribution in [0.15, 0.2) is 0 Å². The Labute approximate surface area is 150 Å². The highest BCUT2D eigenvalue weighted by atomic mass is 32.2. The van der Waals surface area contributed by atoms with E-state index in [1.54, 1.807) is 0 Å². The van der Waals surface area contributed by atoms with Gasteiger partial charge in [-0.05, 0) is 76.0 Å². The second kappa shape index (κ2) is 7.11. The molecule has 2 unspecified atom stereocenters. The first kappa shape index (κ1) is 17.1. The van der Waals surface area contributed by atoms with Gasteiger partial charge in [-0.3, -0.25) is 0 Å². The summed E-state index contributed by atoms with van der Waals surface area (Å²) >= 11 is 4.16. The molecule has 0 N–H and O–H groups in total. The van der Waals surface area contributed by atoms with E-state index in [4.69, 9.17) is 0 Å². The molecule has 2 heterocycles. The molecule has 2 saturated heterocycles. The van der Waals surface area contributed by atoms with E-state index in [0.29, 0.717) is 0 Å². The van der Waals surface area contributed by atoms with Crippen LogP contribution in [0.4, 0.5) is 0 Å². The van der Waals surface area contributed by atoms with Gasteiger partial charge in [-0.1, -0.05) is 0 Å². The molecule has 2 nitrogen and oxygen atoms in total. The van der Waals surface area contributed by atoms with Crippen LogP contribution in [0.3, 0.4) is 0 Å². The Kier molecular flexibility index (Phi) is 5.28. The standard InChI is InChI=1S/C18H30O2S3/c19-23(20,17-5-1-13(2-6-17)9-15-11-21-15)18-7-3-14(4-8-18)10-16-12-22-16/h13-18H,1-12H2. The summed E-state index contributed by atoms with van der Waals surface area (Å²) in [6.07, 6.45) is 11.1. The fourth-order valence-electron chi connectivity index (χ4n) is 4.82. The van der Waals surface area contributed by atoms with Crippen LogP contribution in [0.25, 0.3) is 0 Å². The van der Waals surface area contributed by atoms with Crippen LogP contribution in [0.1, 0.15) is 64.2 Å². The minimum Gasteiger partial charge on any atom is -0.228 e. The van der Waals surface area contributed by atoms with Crippen LogP contribution in [0.2, 0.25) is 0 Å². The first-order valence-electron chi connectivity index (χ1n) is 9.57. The molecule has 132 valence electrons. The Morgan fingerprint density at radius 3 is 1.30 bits per heavy atom. The molecule has 2 aliphatic carbocycles. The zero-order chi connectivity index (χ0) is 15.9. The van der Waals surface area contributed by atoms with Crippen LogP contribution in [0, 0.1) is 11.8 Å². The van der Waals surface area contributed by atoms with Gasteiger partial charge in [0.1, 0.15) is 0 Å². The molecule has 4 aliphatic rings. The molecule has 2 aliphatic heterocycles. The van der Waals surface area contributed by atoms with Crippen LogP contribution < -0.4 is 0 Å². The van der Waals surface area contributed by atoms with Gasteiger partial charge in [0.05, 0.1) is 10.5 Å². The molecule has 2 saturated carbocycles. The highest BCUT2D eigenvalue weighted by Gasteiger charge is 2.40. The molecule has 0 aromatic heterocycles. The minimum atomic E-state index is -2.87. The van der Waals surface area contributed by atoms with Crippen molar-refractivity contribution in [1.29, 1.82) is 0 Å². The van der Waals surface area contributed by atoms with Crippen molar-refractivity contribution in [2.24, 2.45) is 11.8 Å². The Bertz CT molecular complexity index is 454. The summed E-state index contributed by atoms with van der Waals surface area (Å²) in [5.41, 5.74) is 0. The smallest absolute Gasteiger partial charge is 0.156 e.